The van der Waals surface area contributed by atoms with Crippen LogP contribution >= 0.6 is 0 Å². The molecule has 2 aliphatic heterocycles. The molecule has 3 N–H and O–H groups in total. The summed E-state index contributed by atoms with van der Waals surface area (Å²) in [5.74, 6) is 0.490. The number of aliphatic hydroxyl groups excluding tert-OH is 3. The highest BCUT2D eigenvalue weighted by Crippen LogP contribution is 2.30. The predicted molar refractivity (Wildman–Crippen MR) is 93.2 cm³/mol. The average molecular weight is 389 g/mol. The van der Waals surface area contributed by atoms with E-state index in [4.69, 9.17) is 0 Å². The number of hydrogen-bond donors (Lipinski definition) is 3. The number of nitrogens with zero attached hydrogens (tertiary/aromatic N) is 3. The van der Waals surface area contributed by atoms with Crippen LogP contribution in [-0.4, -0.2) is 75.7 Å². The first-order valence-electron chi connectivity index (χ1n) is 9.24. The molecule has 0 spiro atoms. The van der Waals surface area contributed by atoms with Crippen molar-refractivity contribution in [2.24, 2.45) is 5.92 Å². The summed E-state index contributed by atoms with van der Waals surface area (Å²) < 4.78 is 38.7. The molecule has 1 aromatic rings. The number of aliphatic hydroxyl groups is 3. The van der Waals surface area contributed by atoms with Crippen molar-refractivity contribution in [1.29, 1.82) is 0 Å². The van der Waals surface area contributed by atoms with Crippen LogP contribution in [0.4, 0.5) is 19.0 Å². The van der Waals surface area contributed by atoms with E-state index in [2.05, 4.69) is 4.98 Å². The second-order valence-corrected chi connectivity index (χ2v) is 7.58. The number of anilines is 1. The zero-order chi connectivity index (χ0) is 19.8. The SMILES string of the molecule is C[C@@H]1[C@@H](O)[C@H](O)[C@@H](O)CN1C[C@@H]1CCCN(c2cccc(C(F)(F)F)n2)C1. The second-order valence-electron chi connectivity index (χ2n) is 7.58. The molecule has 1 aromatic heterocycles. The molecule has 0 radical (unpaired) electrons. The Hall–Kier alpha value is -1.42. The van der Waals surface area contributed by atoms with Gasteiger partial charge in [-0.25, -0.2) is 4.98 Å². The topological polar surface area (TPSA) is 80.1 Å². The average Bonchev–Trinajstić information content (AvgIpc) is 2.64. The van der Waals surface area contributed by atoms with Crippen LogP contribution in [0.3, 0.4) is 0 Å². The first-order chi connectivity index (χ1) is 12.7. The largest absolute Gasteiger partial charge is 0.433 e. The van der Waals surface area contributed by atoms with Gasteiger partial charge in [0.2, 0.25) is 0 Å². The Morgan fingerprint density at radius 3 is 2.59 bits per heavy atom. The number of halogens is 3. The van der Waals surface area contributed by atoms with Crippen LogP contribution < -0.4 is 4.90 Å². The standard InChI is InChI=1S/C18H26F3N3O3/c1-11-16(26)17(27)13(25)10-24(11)9-12-4-3-7-23(8-12)15-6-2-5-14(22-15)18(19,20)21/h2,5-6,11-13,16-17,25-27H,3-4,7-10H2,1H3/t11-,12-,13+,16-,17-/m1/s1. The molecule has 0 amide bonds. The molecule has 6 nitrogen and oxygen atoms in total. The van der Waals surface area contributed by atoms with E-state index in [0.29, 0.717) is 25.5 Å². The van der Waals surface area contributed by atoms with E-state index in [0.717, 1.165) is 18.9 Å². The van der Waals surface area contributed by atoms with Crippen molar-refractivity contribution in [3.8, 4) is 0 Å². The summed E-state index contributed by atoms with van der Waals surface area (Å²) >= 11 is 0. The van der Waals surface area contributed by atoms with E-state index in [9.17, 15) is 28.5 Å². The molecule has 0 aromatic carbocycles. The van der Waals surface area contributed by atoms with Gasteiger partial charge in [0.1, 0.15) is 17.6 Å². The molecule has 5 atom stereocenters. The summed E-state index contributed by atoms with van der Waals surface area (Å²) in [4.78, 5) is 7.57. The predicted octanol–water partition coefficient (Wildman–Crippen LogP) is 1.10. The lowest BCUT2D eigenvalue weighted by atomic mass is 9.91. The number of alkyl halides is 3. The van der Waals surface area contributed by atoms with Crippen LogP contribution in [0.25, 0.3) is 0 Å². The van der Waals surface area contributed by atoms with Crippen molar-refractivity contribution in [2.75, 3.05) is 31.1 Å². The summed E-state index contributed by atoms with van der Waals surface area (Å²) in [5.41, 5.74) is -0.896. The summed E-state index contributed by atoms with van der Waals surface area (Å²) in [6, 6.07) is 3.63. The summed E-state index contributed by atoms with van der Waals surface area (Å²) in [6.45, 7) is 3.86. The molecule has 2 aliphatic rings. The molecular formula is C18H26F3N3O3. The van der Waals surface area contributed by atoms with Gasteiger partial charge in [-0.15, -0.1) is 0 Å². The lowest BCUT2D eigenvalue weighted by molar-refractivity contribution is -0.141. The fourth-order valence-corrected chi connectivity index (χ4v) is 4.00. The van der Waals surface area contributed by atoms with E-state index < -0.39 is 30.2 Å². The molecular weight excluding hydrogens is 363 g/mol. The summed E-state index contributed by atoms with van der Waals surface area (Å²) in [6.07, 6.45) is -5.93. The van der Waals surface area contributed by atoms with Gasteiger partial charge in [0.15, 0.2) is 0 Å². The number of aromatic nitrogens is 1. The van der Waals surface area contributed by atoms with Crippen molar-refractivity contribution in [3.05, 3.63) is 23.9 Å². The Bertz CT molecular complexity index is 646. The lowest BCUT2D eigenvalue weighted by Crippen LogP contribution is -2.61. The number of hydrogen-bond acceptors (Lipinski definition) is 6. The molecule has 2 fully saturated rings. The van der Waals surface area contributed by atoms with Crippen LogP contribution in [0, 0.1) is 5.92 Å². The van der Waals surface area contributed by atoms with Gasteiger partial charge in [0.25, 0.3) is 0 Å². The quantitative estimate of drug-likeness (QED) is 0.719. The first kappa shape index (κ1) is 20.3. The highest BCUT2D eigenvalue weighted by Gasteiger charge is 2.40. The minimum Gasteiger partial charge on any atom is -0.389 e. The summed E-state index contributed by atoms with van der Waals surface area (Å²) in [7, 11) is 0. The Kier molecular flexibility index (Phi) is 5.95. The molecule has 0 saturated carbocycles. The third kappa shape index (κ3) is 4.53. The van der Waals surface area contributed by atoms with Gasteiger partial charge in [0.05, 0.1) is 12.2 Å². The molecule has 0 aliphatic carbocycles. The Labute approximate surface area is 156 Å². The first-order valence-corrected chi connectivity index (χ1v) is 9.24. The number of rotatable bonds is 3. The molecule has 152 valence electrons. The maximum Gasteiger partial charge on any atom is 0.433 e. The second kappa shape index (κ2) is 7.90. The highest BCUT2D eigenvalue weighted by molar-refractivity contribution is 5.40. The summed E-state index contributed by atoms with van der Waals surface area (Å²) in [5, 5.41) is 29.8. The van der Waals surface area contributed by atoms with E-state index in [1.165, 1.54) is 6.07 Å². The number of β-amino-alcohol motifs (C(OH)–C–C–N with tert-alkyl or cyclic N) is 1. The smallest absolute Gasteiger partial charge is 0.389 e. The number of likely N-dealkylation sites (tertiary alicyclic amines) is 1. The maximum atomic E-state index is 12.9. The van der Waals surface area contributed by atoms with Gasteiger partial charge in [-0.1, -0.05) is 6.07 Å². The van der Waals surface area contributed by atoms with E-state index in [-0.39, 0.29) is 18.5 Å². The van der Waals surface area contributed by atoms with Crippen molar-refractivity contribution in [1.82, 2.24) is 9.88 Å². The zero-order valence-electron chi connectivity index (χ0n) is 15.2. The van der Waals surface area contributed by atoms with Crippen LogP contribution in [-0.2, 0) is 6.18 Å². The monoisotopic (exact) mass is 389 g/mol. The molecule has 3 heterocycles. The molecule has 2 saturated heterocycles. The molecule has 3 rings (SSSR count). The number of piperidine rings is 2. The third-order valence-corrected chi connectivity index (χ3v) is 5.60. The van der Waals surface area contributed by atoms with Gasteiger partial charge >= 0.3 is 6.18 Å². The van der Waals surface area contributed by atoms with Crippen LogP contribution in [0.2, 0.25) is 0 Å². The number of pyridine rings is 1. The van der Waals surface area contributed by atoms with E-state index in [1.54, 1.807) is 13.0 Å². The molecule has 27 heavy (non-hydrogen) atoms. The van der Waals surface area contributed by atoms with Gasteiger partial charge in [-0.05, 0) is 37.8 Å². The fourth-order valence-electron chi connectivity index (χ4n) is 4.00. The fraction of sp³-hybridized carbons (Fsp3) is 0.722. The normalized spacial score (nSPS) is 33.3. The highest BCUT2D eigenvalue weighted by atomic mass is 19.4. The zero-order valence-corrected chi connectivity index (χ0v) is 15.2. The molecule has 0 unspecified atom stereocenters. The molecule has 0 bridgehead atoms. The van der Waals surface area contributed by atoms with E-state index in [1.807, 2.05) is 9.80 Å². The maximum absolute atomic E-state index is 12.9. The molecule has 9 heteroatoms. The minimum absolute atomic E-state index is 0.173. The van der Waals surface area contributed by atoms with Crippen LogP contribution in [0.15, 0.2) is 18.2 Å². The van der Waals surface area contributed by atoms with Gasteiger partial charge < -0.3 is 20.2 Å². The van der Waals surface area contributed by atoms with Gasteiger partial charge in [0, 0.05) is 32.2 Å². The van der Waals surface area contributed by atoms with Crippen molar-refractivity contribution in [3.63, 3.8) is 0 Å². The third-order valence-electron chi connectivity index (χ3n) is 5.60. The lowest BCUT2D eigenvalue weighted by Gasteiger charge is -2.45. The van der Waals surface area contributed by atoms with Gasteiger partial charge in [-0.2, -0.15) is 13.2 Å². The Morgan fingerprint density at radius 1 is 1.15 bits per heavy atom. The van der Waals surface area contributed by atoms with Crippen molar-refractivity contribution >= 4 is 5.82 Å². The van der Waals surface area contributed by atoms with Crippen LogP contribution in [0.5, 0.6) is 0 Å². The van der Waals surface area contributed by atoms with E-state index >= 15 is 0 Å². The van der Waals surface area contributed by atoms with Gasteiger partial charge in [-0.3, -0.25) is 4.90 Å². The van der Waals surface area contributed by atoms with Crippen molar-refractivity contribution < 1.29 is 28.5 Å². The van der Waals surface area contributed by atoms with Crippen LogP contribution in [0.1, 0.15) is 25.5 Å². The minimum atomic E-state index is -4.47. The van der Waals surface area contributed by atoms with Crippen molar-refractivity contribution in [2.45, 2.75) is 50.3 Å². The Balaban J connectivity index is 1.66. The Morgan fingerprint density at radius 2 is 1.89 bits per heavy atom.